The number of aromatic nitrogens is 1. The van der Waals surface area contributed by atoms with Gasteiger partial charge in [0.25, 0.3) is 0 Å². The van der Waals surface area contributed by atoms with Gasteiger partial charge in [0.15, 0.2) is 5.96 Å². The van der Waals surface area contributed by atoms with E-state index in [0.29, 0.717) is 19.0 Å². The van der Waals surface area contributed by atoms with E-state index in [1.54, 1.807) is 12.4 Å². The van der Waals surface area contributed by atoms with Crippen LogP contribution in [-0.2, 0) is 6.54 Å². The highest BCUT2D eigenvalue weighted by Gasteiger charge is 2.22. The minimum Gasteiger partial charge on any atom is -0.493 e. The van der Waals surface area contributed by atoms with E-state index in [2.05, 4.69) is 20.6 Å². The number of pyridine rings is 1. The summed E-state index contributed by atoms with van der Waals surface area (Å²) in [4.78, 5) is 8.62. The Morgan fingerprint density at radius 1 is 1.22 bits per heavy atom. The van der Waals surface area contributed by atoms with Crippen molar-refractivity contribution in [2.24, 2.45) is 10.9 Å². The third kappa shape index (κ3) is 6.25. The van der Waals surface area contributed by atoms with Crippen LogP contribution < -0.4 is 15.4 Å². The van der Waals surface area contributed by atoms with Crippen molar-refractivity contribution >= 4 is 5.96 Å². The van der Waals surface area contributed by atoms with Gasteiger partial charge in [-0.05, 0) is 49.4 Å². The van der Waals surface area contributed by atoms with Gasteiger partial charge in [-0.2, -0.15) is 0 Å². The zero-order valence-corrected chi connectivity index (χ0v) is 15.8. The Kier molecular flexibility index (Phi) is 7.04. The molecule has 144 valence electrons. The van der Waals surface area contributed by atoms with Crippen LogP contribution in [0, 0.1) is 5.92 Å². The standard InChI is InChI=1S/C21H28N4O2/c1-2-23-21(25-14-19(26)17-9-11-22-12-10-17)24-13-18-5-3-4-6-20(18)27-15-16-7-8-16/h3-6,9-12,16,19,26H,2,7-8,13-15H2,1H3,(H2,23,24,25). The number of aliphatic hydroxyl groups excluding tert-OH is 1. The maximum atomic E-state index is 10.3. The molecule has 0 amide bonds. The number of guanidine groups is 1. The Morgan fingerprint density at radius 3 is 2.74 bits per heavy atom. The second-order valence-electron chi connectivity index (χ2n) is 6.73. The van der Waals surface area contributed by atoms with Crippen LogP contribution >= 0.6 is 0 Å². The molecule has 0 saturated heterocycles. The first kappa shape index (κ1) is 19.2. The van der Waals surface area contributed by atoms with E-state index < -0.39 is 6.10 Å². The highest BCUT2D eigenvalue weighted by atomic mass is 16.5. The molecule has 27 heavy (non-hydrogen) atoms. The summed E-state index contributed by atoms with van der Waals surface area (Å²) in [5.41, 5.74) is 1.89. The van der Waals surface area contributed by atoms with E-state index in [1.165, 1.54) is 12.8 Å². The first-order valence-electron chi connectivity index (χ1n) is 9.57. The van der Waals surface area contributed by atoms with Crippen LogP contribution in [0.2, 0.25) is 0 Å². The molecular weight excluding hydrogens is 340 g/mol. The molecule has 3 rings (SSSR count). The second kappa shape index (κ2) is 9.92. The fourth-order valence-electron chi connectivity index (χ4n) is 2.67. The number of benzene rings is 1. The molecule has 0 radical (unpaired) electrons. The Balaban J connectivity index is 1.58. The average molecular weight is 368 g/mol. The molecule has 1 unspecified atom stereocenters. The van der Waals surface area contributed by atoms with Gasteiger partial charge in [0.2, 0.25) is 0 Å². The maximum Gasteiger partial charge on any atom is 0.191 e. The number of rotatable bonds is 9. The summed E-state index contributed by atoms with van der Waals surface area (Å²) in [6.07, 6.45) is 5.28. The van der Waals surface area contributed by atoms with Crippen LogP contribution in [0.25, 0.3) is 0 Å². The van der Waals surface area contributed by atoms with Crippen molar-refractivity contribution in [3.63, 3.8) is 0 Å². The Bertz CT molecular complexity index is 732. The van der Waals surface area contributed by atoms with E-state index in [9.17, 15) is 5.11 Å². The van der Waals surface area contributed by atoms with Gasteiger partial charge in [0.05, 0.1) is 19.3 Å². The summed E-state index contributed by atoms with van der Waals surface area (Å²) in [5, 5.41) is 16.7. The van der Waals surface area contributed by atoms with Gasteiger partial charge < -0.3 is 20.5 Å². The molecule has 1 aromatic heterocycles. The smallest absolute Gasteiger partial charge is 0.191 e. The highest BCUT2D eigenvalue weighted by Crippen LogP contribution is 2.30. The summed E-state index contributed by atoms with van der Waals surface area (Å²) in [5.74, 6) is 2.29. The van der Waals surface area contributed by atoms with Crippen molar-refractivity contribution in [1.82, 2.24) is 15.6 Å². The van der Waals surface area contributed by atoms with Crippen LogP contribution in [0.15, 0.2) is 53.8 Å². The Labute approximate surface area is 160 Å². The third-order valence-corrected chi connectivity index (χ3v) is 4.45. The number of hydrogen-bond acceptors (Lipinski definition) is 4. The molecule has 3 N–H and O–H groups in total. The SMILES string of the molecule is CCNC(=NCc1ccccc1OCC1CC1)NCC(O)c1ccncc1. The van der Waals surface area contributed by atoms with Crippen LogP contribution in [0.1, 0.15) is 37.0 Å². The van der Waals surface area contributed by atoms with Crippen LogP contribution in [0.4, 0.5) is 0 Å². The lowest BCUT2D eigenvalue weighted by molar-refractivity contribution is 0.180. The molecule has 0 aliphatic heterocycles. The summed E-state index contributed by atoms with van der Waals surface area (Å²) >= 11 is 0. The topological polar surface area (TPSA) is 78.8 Å². The molecule has 0 bridgehead atoms. The van der Waals surface area contributed by atoms with Crippen LogP contribution in [0.3, 0.4) is 0 Å². The average Bonchev–Trinajstić information content (AvgIpc) is 3.54. The third-order valence-electron chi connectivity index (χ3n) is 4.45. The second-order valence-corrected chi connectivity index (χ2v) is 6.73. The van der Waals surface area contributed by atoms with Gasteiger partial charge in [-0.15, -0.1) is 0 Å². The summed E-state index contributed by atoms with van der Waals surface area (Å²) in [6.45, 7) is 4.44. The van der Waals surface area contributed by atoms with E-state index in [0.717, 1.165) is 35.9 Å². The monoisotopic (exact) mass is 368 g/mol. The number of aliphatic hydroxyl groups is 1. The van der Waals surface area contributed by atoms with Gasteiger partial charge >= 0.3 is 0 Å². The van der Waals surface area contributed by atoms with Crippen LogP contribution in [-0.4, -0.2) is 35.7 Å². The number of nitrogens with one attached hydrogen (secondary N) is 2. The Hall–Kier alpha value is -2.60. The number of aliphatic imine (C=N–C) groups is 1. The maximum absolute atomic E-state index is 10.3. The van der Waals surface area contributed by atoms with Gasteiger partial charge in [-0.25, -0.2) is 4.99 Å². The molecule has 1 aliphatic rings. The minimum atomic E-state index is -0.619. The predicted octanol–water partition coefficient (Wildman–Crippen LogP) is 2.66. The zero-order chi connectivity index (χ0) is 18.9. The molecule has 2 aromatic rings. The largest absolute Gasteiger partial charge is 0.493 e. The summed E-state index contributed by atoms with van der Waals surface area (Å²) in [7, 11) is 0. The van der Waals surface area contributed by atoms with Gasteiger partial charge in [-0.1, -0.05) is 18.2 Å². The summed E-state index contributed by atoms with van der Waals surface area (Å²) in [6, 6.07) is 11.7. The lowest BCUT2D eigenvalue weighted by Crippen LogP contribution is -2.39. The van der Waals surface area contributed by atoms with Crippen molar-refractivity contribution in [1.29, 1.82) is 0 Å². The molecule has 6 nitrogen and oxygen atoms in total. The number of para-hydroxylation sites is 1. The molecule has 1 atom stereocenters. The Morgan fingerprint density at radius 2 is 2.00 bits per heavy atom. The fraction of sp³-hybridized carbons (Fsp3) is 0.429. The predicted molar refractivity (Wildman–Crippen MR) is 107 cm³/mol. The molecule has 6 heteroatoms. The lowest BCUT2D eigenvalue weighted by Gasteiger charge is -2.16. The number of ether oxygens (including phenoxy) is 1. The van der Waals surface area contributed by atoms with Crippen molar-refractivity contribution in [3.8, 4) is 5.75 Å². The van der Waals surface area contributed by atoms with Crippen molar-refractivity contribution in [3.05, 3.63) is 59.9 Å². The zero-order valence-electron chi connectivity index (χ0n) is 15.8. The summed E-state index contributed by atoms with van der Waals surface area (Å²) < 4.78 is 5.95. The van der Waals surface area contributed by atoms with Crippen molar-refractivity contribution in [2.75, 3.05) is 19.7 Å². The molecule has 1 fully saturated rings. The first-order valence-corrected chi connectivity index (χ1v) is 9.57. The molecule has 0 spiro atoms. The molecular formula is C21H28N4O2. The van der Waals surface area contributed by atoms with E-state index in [-0.39, 0.29) is 0 Å². The van der Waals surface area contributed by atoms with E-state index in [4.69, 9.17) is 4.74 Å². The van der Waals surface area contributed by atoms with Crippen molar-refractivity contribution < 1.29 is 9.84 Å². The number of hydrogen-bond donors (Lipinski definition) is 3. The van der Waals surface area contributed by atoms with E-state index >= 15 is 0 Å². The highest BCUT2D eigenvalue weighted by molar-refractivity contribution is 5.79. The van der Waals surface area contributed by atoms with E-state index in [1.807, 2.05) is 43.3 Å². The van der Waals surface area contributed by atoms with Crippen molar-refractivity contribution in [2.45, 2.75) is 32.4 Å². The molecule has 1 aromatic carbocycles. The first-order chi connectivity index (χ1) is 13.3. The molecule has 1 saturated carbocycles. The van der Waals surface area contributed by atoms with Gasteiger partial charge in [0, 0.05) is 31.0 Å². The minimum absolute atomic E-state index is 0.371. The fourth-order valence-corrected chi connectivity index (χ4v) is 2.67. The quantitative estimate of drug-likeness (QED) is 0.468. The number of nitrogens with zero attached hydrogens (tertiary/aromatic N) is 2. The van der Waals surface area contributed by atoms with Gasteiger partial charge in [-0.3, -0.25) is 4.98 Å². The lowest BCUT2D eigenvalue weighted by atomic mass is 10.1. The normalized spacial score (nSPS) is 15.3. The molecule has 1 aliphatic carbocycles. The van der Waals surface area contributed by atoms with Crippen LogP contribution in [0.5, 0.6) is 5.75 Å². The van der Waals surface area contributed by atoms with Gasteiger partial charge in [0.1, 0.15) is 5.75 Å². The molecule has 1 heterocycles.